The predicted octanol–water partition coefficient (Wildman–Crippen LogP) is 0.638. The van der Waals surface area contributed by atoms with Crippen LogP contribution in [0.15, 0.2) is 23.1 Å². The molecule has 0 aliphatic carbocycles. The molecule has 1 N–H and O–H groups in total. The first-order valence-corrected chi connectivity index (χ1v) is 7.22. The van der Waals surface area contributed by atoms with Crippen LogP contribution >= 0.6 is 0 Å². The zero-order chi connectivity index (χ0) is 15.2. The lowest BCUT2D eigenvalue weighted by Crippen LogP contribution is -2.26. The zero-order valence-corrected chi connectivity index (χ0v) is 12.3. The molecule has 0 aromatic heterocycles. The predicted molar refractivity (Wildman–Crippen MR) is 70.7 cm³/mol. The fourth-order valence-electron chi connectivity index (χ4n) is 1.42. The average Bonchev–Trinajstić information content (AvgIpc) is 2.43. The standard InChI is InChI=1S/C12H17NO6S/c1-9-4-5-10(12(14)18-3)8-11(9)20(15,16)13-19-7-6-17-2/h4-5,8,13H,6-7H2,1-3H3. The van der Waals surface area contributed by atoms with Crippen LogP contribution in [-0.2, 0) is 24.3 Å². The first-order valence-electron chi connectivity index (χ1n) is 5.74. The van der Waals surface area contributed by atoms with Crippen LogP contribution in [0.5, 0.6) is 0 Å². The number of hydrogen-bond acceptors (Lipinski definition) is 6. The van der Waals surface area contributed by atoms with Gasteiger partial charge < -0.3 is 9.47 Å². The number of carbonyl (C=O) groups excluding carboxylic acids is 1. The van der Waals surface area contributed by atoms with Crippen LogP contribution in [0, 0.1) is 6.92 Å². The van der Waals surface area contributed by atoms with Crippen LogP contribution in [0.2, 0.25) is 0 Å². The van der Waals surface area contributed by atoms with Crippen molar-refractivity contribution in [3.05, 3.63) is 29.3 Å². The van der Waals surface area contributed by atoms with E-state index in [1.54, 1.807) is 6.92 Å². The number of benzene rings is 1. The van der Waals surface area contributed by atoms with E-state index in [0.717, 1.165) is 0 Å². The van der Waals surface area contributed by atoms with Crippen LogP contribution < -0.4 is 4.89 Å². The van der Waals surface area contributed by atoms with Gasteiger partial charge in [0, 0.05) is 7.11 Å². The highest BCUT2D eigenvalue weighted by Crippen LogP contribution is 2.17. The van der Waals surface area contributed by atoms with Crippen molar-refractivity contribution >= 4 is 16.0 Å². The summed E-state index contributed by atoms with van der Waals surface area (Å²) in [5, 5.41) is 0. The maximum atomic E-state index is 12.1. The molecule has 0 bridgehead atoms. The molecule has 1 aromatic carbocycles. The number of methoxy groups -OCH3 is 2. The number of rotatable bonds is 7. The molecular formula is C12H17NO6S. The smallest absolute Gasteiger partial charge is 0.337 e. The molecule has 7 nitrogen and oxygen atoms in total. The molecule has 0 unspecified atom stereocenters. The minimum atomic E-state index is -3.87. The molecule has 0 spiro atoms. The highest BCUT2D eigenvalue weighted by molar-refractivity contribution is 7.89. The monoisotopic (exact) mass is 303 g/mol. The van der Waals surface area contributed by atoms with Gasteiger partial charge in [-0.2, -0.15) is 0 Å². The Kier molecular flexibility index (Phi) is 6.08. The zero-order valence-electron chi connectivity index (χ0n) is 11.5. The van der Waals surface area contributed by atoms with Crippen molar-refractivity contribution in [2.45, 2.75) is 11.8 Å². The van der Waals surface area contributed by atoms with Crippen molar-refractivity contribution in [3.63, 3.8) is 0 Å². The van der Waals surface area contributed by atoms with Gasteiger partial charge in [-0.15, -0.1) is 0 Å². The molecule has 0 saturated carbocycles. The van der Waals surface area contributed by atoms with Crippen LogP contribution in [0.25, 0.3) is 0 Å². The lowest BCUT2D eigenvalue weighted by molar-refractivity contribution is 0.0438. The first kappa shape index (κ1) is 16.6. The Bertz CT molecular complexity index is 569. The highest BCUT2D eigenvalue weighted by atomic mass is 32.2. The highest BCUT2D eigenvalue weighted by Gasteiger charge is 2.19. The van der Waals surface area contributed by atoms with E-state index >= 15 is 0 Å². The van der Waals surface area contributed by atoms with E-state index < -0.39 is 16.0 Å². The number of ether oxygens (including phenoxy) is 2. The van der Waals surface area contributed by atoms with Gasteiger partial charge in [0.05, 0.1) is 30.8 Å². The summed E-state index contributed by atoms with van der Waals surface area (Å²) >= 11 is 0. The second-order valence-corrected chi connectivity index (χ2v) is 5.51. The molecular weight excluding hydrogens is 286 g/mol. The molecule has 1 rings (SSSR count). The SMILES string of the molecule is COCCONS(=O)(=O)c1cc(C(=O)OC)ccc1C. The van der Waals surface area contributed by atoms with Crippen LogP contribution in [0.4, 0.5) is 0 Å². The van der Waals surface area contributed by atoms with Gasteiger partial charge in [0.2, 0.25) is 0 Å². The third-order valence-corrected chi connectivity index (χ3v) is 3.81. The summed E-state index contributed by atoms with van der Waals surface area (Å²) in [7, 11) is -1.17. The van der Waals surface area contributed by atoms with E-state index in [0.29, 0.717) is 5.56 Å². The Hall–Kier alpha value is -1.48. The molecule has 0 saturated heterocycles. The summed E-state index contributed by atoms with van der Waals surface area (Å²) in [6, 6.07) is 4.26. The second-order valence-electron chi connectivity index (χ2n) is 3.90. The van der Waals surface area contributed by atoms with E-state index in [9.17, 15) is 13.2 Å². The summed E-state index contributed by atoms with van der Waals surface area (Å²) < 4.78 is 33.4. The van der Waals surface area contributed by atoms with Gasteiger partial charge in [0.15, 0.2) is 0 Å². The quantitative estimate of drug-likeness (QED) is 0.451. The first-order chi connectivity index (χ1) is 9.42. The van der Waals surface area contributed by atoms with Gasteiger partial charge in [0.25, 0.3) is 10.0 Å². The molecule has 0 fully saturated rings. The Morgan fingerprint density at radius 2 is 1.95 bits per heavy atom. The van der Waals surface area contributed by atoms with Gasteiger partial charge in [-0.1, -0.05) is 11.0 Å². The van der Waals surface area contributed by atoms with Crippen molar-refractivity contribution in [2.75, 3.05) is 27.4 Å². The minimum absolute atomic E-state index is 0.0437. The molecule has 112 valence electrons. The Balaban J connectivity index is 2.96. The van der Waals surface area contributed by atoms with Crippen molar-refractivity contribution in [2.24, 2.45) is 0 Å². The second kappa shape index (κ2) is 7.34. The van der Waals surface area contributed by atoms with Crippen LogP contribution in [0.1, 0.15) is 15.9 Å². The molecule has 1 aromatic rings. The number of esters is 1. The Labute approximate surface area is 117 Å². The summed E-state index contributed by atoms with van der Waals surface area (Å²) in [6.45, 7) is 1.94. The summed E-state index contributed by atoms with van der Waals surface area (Å²) in [5.74, 6) is -0.609. The summed E-state index contributed by atoms with van der Waals surface area (Å²) in [5.41, 5.74) is 0.635. The number of nitrogens with one attached hydrogen (secondary N) is 1. The van der Waals surface area contributed by atoms with Crippen LogP contribution in [0.3, 0.4) is 0 Å². The minimum Gasteiger partial charge on any atom is -0.465 e. The normalized spacial score (nSPS) is 11.3. The Morgan fingerprint density at radius 1 is 1.25 bits per heavy atom. The molecule has 0 aliphatic rings. The number of carbonyl (C=O) groups is 1. The Morgan fingerprint density at radius 3 is 2.55 bits per heavy atom. The fourth-order valence-corrected chi connectivity index (χ4v) is 2.53. The number of aryl methyl sites for hydroxylation is 1. The number of hydrogen-bond donors (Lipinski definition) is 1. The average molecular weight is 303 g/mol. The summed E-state index contributed by atoms with van der Waals surface area (Å²) in [6.07, 6.45) is 0. The molecule has 0 amide bonds. The third kappa shape index (κ3) is 4.27. The van der Waals surface area contributed by atoms with Crippen molar-refractivity contribution in [1.82, 2.24) is 4.89 Å². The van der Waals surface area contributed by atoms with Gasteiger partial charge in [0.1, 0.15) is 0 Å². The van der Waals surface area contributed by atoms with Gasteiger partial charge >= 0.3 is 5.97 Å². The van der Waals surface area contributed by atoms with E-state index in [1.807, 2.05) is 4.89 Å². The van der Waals surface area contributed by atoms with E-state index in [-0.39, 0.29) is 23.7 Å². The largest absolute Gasteiger partial charge is 0.465 e. The van der Waals surface area contributed by atoms with E-state index in [4.69, 9.17) is 9.57 Å². The topological polar surface area (TPSA) is 90.9 Å². The van der Waals surface area contributed by atoms with Crippen LogP contribution in [-0.4, -0.2) is 41.8 Å². The molecule has 0 atom stereocenters. The van der Waals surface area contributed by atoms with Gasteiger partial charge in [-0.05, 0) is 24.6 Å². The maximum absolute atomic E-state index is 12.1. The fraction of sp³-hybridized carbons (Fsp3) is 0.417. The number of sulfonamides is 1. The van der Waals surface area contributed by atoms with E-state index in [1.165, 1.54) is 32.4 Å². The lowest BCUT2D eigenvalue weighted by atomic mass is 10.1. The van der Waals surface area contributed by atoms with Crippen molar-refractivity contribution in [1.29, 1.82) is 0 Å². The lowest BCUT2D eigenvalue weighted by Gasteiger charge is -2.10. The third-order valence-electron chi connectivity index (χ3n) is 2.46. The van der Waals surface area contributed by atoms with Gasteiger partial charge in [-0.25, -0.2) is 13.2 Å². The van der Waals surface area contributed by atoms with Crippen molar-refractivity contribution < 1.29 is 27.5 Å². The molecule has 20 heavy (non-hydrogen) atoms. The molecule has 8 heteroatoms. The molecule has 0 radical (unpaired) electrons. The summed E-state index contributed by atoms with van der Waals surface area (Å²) in [4.78, 5) is 18.1. The van der Waals surface area contributed by atoms with Crippen molar-refractivity contribution in [3.8, 4) is 0 Å². The molecule has 0 heterocycles. The van der Waals surface area contributed by atoms with Gasteiger partial charge in [-0.3, -0.25) is 4.84 Å². The maximum Gasteiger partial charge on any atom is 0.337 e. The molecule has 0 aliphatic heterocycles. The van der Waals surface area contributed by atoms with E-state index in [2.05, 4.69) is 4.74 Å².